The second-order valence-electron chi connectivity index (χ2n) is 5.38. The Hall–Kier alpha value is -1.92. The van der Waals surface area contributed by atoms with Crippen LogP contribution in [0.15, 0.2) is 36.2 Å². The third-order valence-corrected chi connectivity index (χ3v) is 4.91. The van der Waals surface area contributed by atoms with E-state index >= 15 is 0 Å². The topological polar surface area (TPSA) is 36.7 Å². The van der Waals surface area contributed by atoms with E-state index in [4.69, 9.17) is 4.98 Å². The van der Waals surface area contributed by atoms with E-state index in [1.807, 2.05) is 18.7 Å². The highest BCUT2D eigenvalue weighted by atomic mass is 32.1. The lowest BCUT2D eigenvalue weighted by Crippen LogP contribution is -2.45. The van der Waals surface area contributed by atoms with Crippen molar-refractivity contribution in [3.63, 3.8) is 0 Å². The van der Waals surface area contributed by atoms with E-state index in [1.165, 1.54) is 4.88 Å². The third kappa shape index (κ3) is 2.20. The molecule has 3 aromatic rings. The molecule has 0 amide bonds. The van der Waals surface area contributed by atoms with E-state index in [1.54, 1.807) is 11.3 Å². The molecule has 1 aliphatic rings. The van der Waals surface area contributed by atoms with Gasteiger partial charge in [-0.15, -0.1) is 11.3 Å². The highest BCUT2D eigenvalue weighted by molar-refractivity contribution is 7.13. The number of thiophene rings is 1. The molecule has 0 aliphatic carbocycles. The van der Waals surface area contributed by atoms with Crippen LogP contribution < -0.4 is 4.90 Å². The Kier molecular flexibility index (Phi) is 3.12. The third-order valence-electron chi connectivity index (χ3n) is 4.01. The molecule has 0 saturated carbocycles. The van der Waals surface area contributed by atoms with Gasteiger partial charge in [0.25, 0.3) is 0 Å². The maximum Gasteiger partial charge on any atom is 0.154 e. The summed E-state index contributed by atoms with van der Waals surface area (Å²) < 4.78 is 2.15. The summed E-state index contributed by atoms with van der Waals surface area (Å²) in [4.78, 5) is 15.0. The molecule has 4 rings (SSSR count). The summed E-state index contributed by atoms with van der Waals surface area (Å²) in [5.74, 6) is 1.04. The molecule has 0 unspecified atom stereocenters. The van der Waals surface area contributed by atoms with Gasteiger partial charge in [0.2, 0.25) is 0 Å². The molecule has 0 spiro atoms. The molecular weight excluding hydrogens is 282 g/mol. The Morgan fingerprint density at radius 3 is 2.76 bits per heavy atom. The van der Waals surface area contributed by atoms with Crippen LogP contribution in [0.1, 0.15) is 0 Å². The lowest BCUT2D eigenvalue weighted by molar-refractivity contribution is 0.312. The van der Waals surface area contributed by atoms with Gasteiger partial charge in [0.05, 0.1) is 29.3 Å². The molecule has 0 atom stereocenters. The number of hydrogen-bond acceptors (Lipinski definition) is 5. The summed E-state index contributed by atoms with van der Waals surface area (Å²) in [5.41, 5.74) is 2.20. The first-order chi connectivity index (χ1) is 10.3. The van der Waals surface area contributed by atoms with Crippen LogP contribution in [-0.2, 0) is 0 Å². The molecule has 108 valence electrons. The highest BCUT2D eigenvalue weighted by Gasteiger charge is 2.19. The second-order valence-corrected chi connectivity index (χ2v) is 6.33. The lowest BCUT2D eigenvalue weighted by Gasteiger charge is -2.33. The molecule has 0 aromatic carbocycles. The van der Waals surface area contributed by atoms with Crippen LogP contribution in [0.25, 0.3) is 16.1 Å². The minimum atomic E-state index is 1.02. The van der Waals surface area contributed by atoms with Gasteiger partial charge < -0.3 is 9.80 Å². The fraction of sp³-hybridized carbons (Fsp3) is 0.333. The van der Waals surface area contributed by atoms with Crippen LogP contribution >= 0.6 is 11.3 Å². The molecule has 4 heterocycles. The number of anilines is 1. The predicted molar refractivity (Wildman–Crippen MR) is 86.0 cm³/mol. The largest absolute Gasteiger partial charge is 0.352 e. The molecule has 6 heteroatoms. The van der Waals surface area contributed by atoms with Gasteiger partial charge in [-0.25, -0.2) is 9.97 Å². The minimum absolute atomic E-state index is 1.02. The van der Waals surface area contributed by atoms with Gasteiger partial charge in [-0.2, -0.15) is 0 Å². The summed E-state index contributed by atoms with van der Waals surface area (Å²) in [7, 11) is 2.17. The number of aromatic nitrogens is 3. The van der Waals surface area contributed by atoms with Crippen LogP contribution in [0, 0.1) is 0 Å². The summed E-state index contributed by atoms with van der Waals surface area (Å²) >= 11 is 1.73. The maximum atomic E-state index is 4.74. The lowest BCUT2D eigenvalue weighted by atomic mass is 10.3. The number of likely N-dealkylation sites (N-methyl/N-ethyl adjacent to an activating group) is 1. The van der Waals surface area contributed by atoms with Crippen molar-refractivity contribution in [1.29, 1.82) is 0 Å². The molecule has 0 N–H and O–H groups in total. The van der Waals surface area contributed by atoms with Crippen molar-refractivity contribution in [2.45, 2.75) is 0 Å². The number of rotatable bonds is 2. The van der Waals surface area contributed by atoms with Crippen LogP contribution in [0.4, 0.5) is 5.82 Å². The van der Waals surface area contributed by atoms with Crippen molar-refractivity contribution in [2.24, 2.45) is 0 Å². The zero-order chi connectivity index (χ0) is 14.2. The van der Waals surface area contributed by atoms with Crippen LogP contribution in [-0.4, -0.2) is 52.5 Å². The van der Waals surface area contributed by atoms with E-state index in [9.17, 15) is 0 Å². The fourth-order valence-electron chi connectivity index (χ4n) is 2.77. The maximum absolute atomic E-state index is 4.74. The van der Waals surface area contributed by atoms with Gasteiger partial charge in [0.1, 0.15) is 5.52 Å². The number of fused-ring (bicyclic) bond motifs is 1. The summed E-state index contributed by atoms with van der Waals surface area (Å²) in [6.07, 6.45) is 5.76. The average molecular weight is 299 g/mol. The highest BCUT2D eigenvalue weighted by Crippen LogP contribution is 2.28. The number of nitrogens with zero attached hydrogens (tertiary/aromatic N) is 5. The number of hydrogen-bond donors (Lipinski definition) is 0. The number of imidazole rings is 1. The summed E-state index contributed by atoms with van der Waals surface area (Å²) in [6, 6.07) is 4.19. The van der Waals surface area contributed by atoms with Gasteiger partial charge in [-0.3, -0.25) is 4.40 Å². The van der Waals surface area contributed by atoms with Gasteiger partial charge in [0.15, 0.2) is 5.82 Å². The van der Waals surface area contributed by atoms with Crippen molar-refractivity contribution < 1.29 is 0 Å². The second kappa shape index (κ2) is 5.13. The zero-order valence-corrected chi connectivity index (χ0v) is 12.8. The van der Waals surface area contributed by atoms with Crippen molar-refractivity contribution in [2.75, 3.05) is 38.1 Å². The molecule has 21 heavy (non-hydrogen) atoms. The smallest absolute Gasteiger partial charge is 0.154 e. The first-order valence-electron chi connectivity index (χ1n) is 7.11. The zero-order valence-electron chi connectivity index (χ0n) is 11.9. The Bertz CT molecular complexity index is 741. The molecular formula is C15H17N5S. The van der Waals surface area contributed by atoms with E-state index in [0.717, 1.165) is 43.2 Å². The summed E-state index contributed by atoms with van der Waals surface area (Å²) in [6.45, 7) is 4.19. The predicted octanol–water partition coefficient (Wildman–Crippen LogP) is 2.21. The Balaban J connectivity index is 1.78. The molecule has 0 bridgehead atoms. The molecule has 1 fully saturated rings. The Morgan fingerprint density at radius 1 is 1.14 bits per heavy atom. The van der Waals surface area contributed by atoms with Crippen LogP contribution in [0.3, 0.4) is 0 Å². The van der Waals surface area contributed by atoms with Crippen LogP contribution in [0.5, 0.6) is 0 Å². The van der Waals surface area contributed by atoms with Crippen molar-refractivity contribution >= 4 is 22.7 Å². The first-order valence-corrected chi connectivity index (χ1v) is 7.99. The molecule has 3 aromatic heterocycles. The first kappa shape index (κ1) is 12.8. The van der Waals surface area contributed by atoms with E-state index in [0.29, 0.717) is 0 Å². The molecule has 5 nitrogen and oxygen atoms in total. The minimum Gasteiger partial charge on any atom is -0.352 e. The van der Waals surface area contributed by atoms with Crippen molar-refractivity contribution in [1.82, 2.24) is 19.3 Å². The SMILES string of the molecule is CN1CCN(c2ncc(-c3cccs3)n3cncc23)CC1. The molecule has 1 saturated heterocycles. The fourth-order valence-corrected chi connectivity index (χ4v) is 3.50. The number of piperazine rings is 1. The van der Waals surface area contributed by atoms with Crippen LogP contribution in [0.2, 0.25) is 0 Å². The normalized spacial score (nSPS) is 16.7. The van der Waals surface area contributed by atoms with Gasteiger partial charge in [-0.05, 0) is 18.5 Å². The van der Waals surface area contributed by atoms with E-state index in [2.05, 4.69) is 43.7 Å². The summed E-state index contributed by atoms with van der Waals surface area (Å²) in [5, 5.41) is 2.09. The van der Waals surface area contributed by atoms with E-state index < -0.39 is 0 Å². The molecule has 0 radical (unpaired) electrons. The standard InChI is InChI=1S/C15H17N5S/c1-18-4-6-19(7-5-18)15-13-9-16-11-20(13)12(10-17-15)14-3-2-8-21-14/h2-3,8-11H,4-7H2,1H3. The van der Waals surface area contributed by atoms with Gasteiger partial charge >= 0.3 is 0 Å². The van der Waals surface area contributed by atoms with Crippen molar-refractivity contribution in [3.8, 4) is 10.6 Å². The van der Waals surface area contributed by atoms with Gasteiger partial charge in [0, 0.05) is 26.2 Å². The van der Waals surface area contributed by atoms with E-state index in [-0.39, 0.29) is 0 Å². The molecule has 1 aliphatic heterocycles. The monoisotopic (exact) mass is 299 g/mol. The van der Waals surface area contributed by atoms with Gasteiger partial charge in [-0.1, -0.05) is 6.07 Å². The average Bonchev–Trinajstić information content (AvgIpc) is 3.19. The quantitative estimate of drug-likeness (QED) is 0.727. The van der Waals surface area contributed by atoms with Crippen molar-refractivity contribution in [3.05, 3.63) is 36.2 Å². The Morgan fingerprint density at radius 2 is 2.00 bits per heavy atom. The Labute approximate surface area is 127 Å².